The van der Waals surface area contributed by atoms with E-state index in [1.807, 2.05) is 32.0 Å². The first kappa shape index (κ1) is 17.9. The van der Waals surface area contributed by atoms with Gasteiger partial charge in [0.05, 0.1) is 17.5 Å². The van der Waals surface area contributed by atoms with Gasteiger partial charge in [0.15, 0.2) is 0 Å². The van der Waals surface area contributed by atoms with E-state index in [0.29, 0.717) is 5.16 Å². The van der Waals surface area contributed by atoms with Crippen molar-refractivity contribution in [2.75, 3.05) is 12.8 Å². The van der Waals surface area contributed by atoms with Crippen LogP contribution in [0, 0.1) is 25.2 Å². The number of aromatic nitrogens is 4. The molecule has 0 saturated carbocycles. The molecule has 0 aliphatic heterocycles. The van der Waals surface area contributed by atoms with Gasteiger partial charge in [-0.15, -0.1) is 5.10 Å². The van der Waals surface area contributed by atoms with Gasteiger partial charge in [0.2, 0.25) is 11.1 Å². The number of hydrogen-bond donors (Lipinski definition) is 0. The Morgan fingerprint density at radius 2 is 2.08 bits per heavy atom. The second kappa shape index (κ2) is 7.01. The summed E-state index contributed by atoms with van der Waals surface area (Å²) in [7, 11) is 1.62. The Morgan fingerprint density at radius 3 is 2.71 bits per heavy atom. The van der Waals surface area contributed by atoms with Crippen LogP contribution in [0.2, 0.25) is 0 Å². The number of carbonyl (C=O) groups excluding carboxylic acids is 1. The average molecular weight is 344 g/mol. The van der Waals surface area contributed by atoms with Gasteiger partial charge in [-0.2, -0.15) is 9.94 Å². The van der Waals surface area contributed by atoms with Gasteiger partial charge in [-0.05, 0) is 61.4 Å². The first-order valence-corrected chi connectivity index (χ1v) is 8.41. The molecule has 1 heterocycles. The average Bonchev–Trinajstić information content (AvgIpc) is 3.02. The van der Waals surface area contributed by atoms with Crippen molar-refractivity contribution in [2.24, 2.45) is 0 Å². The van der Waals surface area contributed by atoms with Crippen molar-refractivity contribution in [3.05, 3.63) is 29.3 Å². The Kier molecular flexibility index (Phi) is 5.24. The van der Waals surface area contributed by atoms with Gasteiger partial charge in [-0.25, -0.2) is 0 Å². The molecule has 1 aromatic carbocycles. The van der Waals surface area contributed by atoms with Crippen LogP contribution in [0.25, 0.3) is 5.69 Å². The lowest BCUT2D eigenvalue weighted by molar-refractivity contribution is -0.130. The Morgan fingerprint density at radius 1 is 1.38 bits per heavy atom. The van der Waals surface area contributed by atoms with Crippen molar-refractivity contribution in [1.29, 1.82) is 5.26 Å². The summed E-state index contributed by atoms with van der Waals surface area (Å²) in [5.41, 5.74) is 2.34. The second-order valence-corrected chi connectivity index (χ2v) is 7.00. The third kappa shape index (κ3) is 3.74. The Balaban J connectivity index is 2.13. The van der Waals surface area contributed by atoms with Crippen molar-refractivity contribution in [2.45, 2.75) is 38.4 Å². The summed E-state index contributed by atoms with van der Waals surface area (Å²) in [6, 6.07) is 8.07. The number of nitriles is 1. The molecule has 0 unspecified atom stereocenters. The molecule has 0 N–H and O–H groups in total. The van der Waals surface area contributed by atoms with Gasteiger partial charge in [0, 0.05) is 7.05 Å². The van der Waals surface area contributed by atoms with Crippen LogP contribution in [0.1, 0.15) is 25.0 Å². The van der Waals surface area contributed by atoms with Crippen LogP contribution in [-0.4, -0.2) is 49.4 Å². The maximum Gasteiger partial charge on any atom is 0.234 e. The van der Waals surface area contributed by atoms with Crippen LogP contribution in [0.4, 0.5) is 0 Å². The van der Waals surface area contributed by atoms with Gasteiger partial charge in [0.25, 0.3) is 0 Å². The van der Waals surface area contributed by atoms with Crippen molar-refractivity contribution >= 4 is 17.7 Å². The predicted molar refractivity (Wildman–Crippen MR) is 91.8 cm³/mol. The van der Waals surface area contributed by atoms with Crippen LogP contribution < -0.4 is 0 Å². The minimum Gasteiger partial charge on any atom is -0.327 e. The highest BCUT2D eigenvalue weighted by Crippen LogP contribution is 2.21. The number of tetrazole rings is 1. The molecule has 126 valence electrons. The molecule has 0 aliphatic carbocycles. The van der Waals surface area contributed by atoms with Gasteiger partial charge in [-0.1, -0.05) is 17.8 Å². The van der Waals surface area contributed by atoms with Crippen LogP contribution in [0.5, 0.6) is 0 Å². The minimum atomic E-state index is -0.850. The SMILES string of the molecule is Cc1ccc(-n2nnnc2SCC(=O)N(C)C(C)(C)C#N)cc1C. The first-order valence-electron chi connectivity index (χ1n) is 7.43. The standard InChI is InChI=1S/C16H20N6OS/c1-11-6-7-13(8-12(11)2)22-15(18-19-20-22)24-9-14(23)21(5)16(3,4)10-17/h6-8H,9H2,1-5H3. The molecule has 0 aliphatic rings. The van der Waals surface area contributed by atoms with E-state index in [4.69, 9.17) is 5.26 Å². The topological polar surface area (TPSA) is 87.7 Å². The minimum absolute atomic E-state index is 0.152. The molecule has 24 heavy (non-hydrogen) atoms. The highest BCUT2D eigenvalue weighted by atomic mass is 32.2. The molecule has 2 rings (SSSR count). The van der Waals surface area contributed by atoms with E-state index < -0.39 is 5.54 Å². The lowest BCUT2D eigenvalue weighted by Crippen LogP contribution is -2.44. The molecule has 1 amide bonds. The third-order valence-electron chi connectivity index (χ3n) is 3.99. The Hall–Kier alpha value is -2.40. The summed E-state index contributed by atoms with van der Waals surface area (Å²) in [4.78, 5) is 13.7. The zero-order chi connectivity index (χ0) is 17.9. The molecule has 2 aromatic rings. The van der Waals surface area contributed by atoms with E-state index in [0.717, 1.165) is 11.3 Å². The molecule has 0 saturated heterocycles. The van der Waals surface area contributed by atoms with Crippen LogP contribution in [0.15, 0.2) is 23.4 Å². The van der Waals surface area contributed by atoms with Crippen molar-refractivity contribution in [3.63, 3.8) is 0 Å². The molecule has 0 spiro atoms. The summed E-state index contributed by atoms with van der Waals surface area (Å²) < 4.78 is 1.61. The predicted octanol–water partition coefficient (Wildman–Crippen LogP) is 2.13. The molecule has 0 fully saturated rings. The number of carbonyl (C=O) groups is 1. The molecule has 8 heteroatoms. The fourth-order valence-electron chi connectivity index (χ4n) is 1.90. The number of thioether (sulfide) groups is 1. The van der Waals surface area contributed by atoms with Crippen molar-refractivity contribution in [1.82, 2.24) is 25.1 Å². The number of nitrogens with zero attached hydrogens (tertiary/aromatic N) is 6. The van der Waals surface area contributed by atoms with Gasteiger partial charge in [-0.3, -0.25) is 4.79 Å². The third-order valence-corrected chi connectivity index (χ3v) is 4.89. The molecular formula is C16H20N6OS. The van der Waals surface area contributed by atoms with E-state index in [-0.39, 0.29) is 11.7 Å². The van der Waals surface area contributed by atoms with E-state index in [9.17, 15) is 4.79 Å². The fraction of sp³-hybridized carbons (Fsp3) is 0.438. The van der Waals surface area contributed by atoms with Gasteiger partial charge < -0.3 is 4.90 Å². The summed E-state index contributed by atoms with van der Waals surface area (Å²) in [5, 5.41) is 21.3. The lowest BCUT2D eigenvalue weighted by Gasteiger charge is -2.28. The molecule has 0 atom stereocenters. The smallest absolute Gasteiger partial charge is 0.234 e. The zero-order valence-corrected chi connectivity index (χ0v) is 15.3. The number of amides is 1. The van der Waals surface area contributed by atoms with E-state index in [1.165, 1.54) is 22.2 Å². The molecule has 1 aromatic heterocycles. The molecule has 0 bridgehead atoms. The molecule has 0 radical (unpaired) electrons. The second-order valence-electron chi connectivity index (χ2n) is 6.05. The maximum atomic E-state index is 12.3. The monoisotopic (exact) mass is 344 g/mol. The van der Waals surface area contributed by atoms with Crippen molar-refractivity contribution < 1.29 is 4.79 Å². The van der Waals surface area contributed by atoms with Gasteiger partial charge >= 0.3 is 0 Å². The quantitative estimate of drug-likeness (QED) is 0.772. The fourth-order valence-corrected chi connectivity index (χ4v) is 2.70. The Bertz CT molecular complexity index is 792. The van der Waals surface area contributed by atoms with Crippen LogP contribution in [0.3, 0.4) is 0 Å². The number of benzene rings is 1. The van der Waals surface area contributed by atoms with Crippen LogP contribution >= 0.6 is 11.8 Å². The van der Waals surface area contributed by atoms with E-state index >= 15 is 0 Å². The normalized spacial score (nSPS) is 11.2. The molecule has 7 nitrogen and oxygen atoms in total. The number of rotatable bonds is 5. The van der Waals surface area contributed by atoms with E-state index in [1.54, 1.807) is 25.6 Å². The Labute approximate surface area is 145 Å². The zero-order valence-electron chi connectivity index (χ0n) is 14.4. The summed E-state index contributed by atoms with van der Waals surface area (Å²) >= 11 is 1.25. The number of aryl methyl sites for hydroxylation is 2. The summed E-state index contributed by atoms with van der Waals surface area (Å²) in [5.74, 6) is 0.00787. The lowest BCUT2D eigenvalue weighted by atomic mass is 10.1. The maximum absolute atomic E-state index is 12.3. The van der Waals surface area contributed by atoms with E-state index in [2.05, 4.69) is 21.6 Å². The summed E-state index contributed by atoms with van der Waals surface area (Å²) in [6.45, 7) is 7.47. The molecular weight excluding hydrogens is 324 g/mol. The van der Waals surface area contributed by atoms with Crippen molar-refractivity contribution in [3.8, 4) is 11.8 Å². The number of hydrogen-bond acceptors (Lipinski definition) is 6. The first-order chi connectivity index (χ1) is 11.3. The summed E-state index contributed by atoms with van der Waals surface area (Å²) in [6.07, 6.45) is 0. The largest absolute Gasteiger partial charge is 0.327 e. The highest BCUT2D eigenvalue weighted by molar-refractivity contribution is 7.99. The highest BCUT2D eigenvalue weighted by Gasteiger charge is 2.27. The van der Waals surface area contributed by atoms with Gasteiger partial charge in [0.1, 0.15) is 5.54 Å². The van der Waals surface area contributed by atoms with Crippen LogP contribution in [-0.2, 0) is 4.79 Å².